The van der Waals surface area contributed by atoms with Gasteiger partial charge in [-0.2, -0.15) is 0 Å². The minimum Gasteiger partial charge on any atom is -0.507 e. The van der Waals surface area contributed by atoms with Crippen LogP contribution in [-0.2, 0) is 14.8 Å². The number of aromatic hydroxyl groups is 1. The number of hydrogen-bond donors (Lipinski definition) is 4. The molecule has 0 aromatic heterocycles. The molecule has 1 rings (SSSR count). The highest BCUT2D eigenvalue weighted by Gasteiger charge is 2.21. The van der Waals surface area contributed by atoms with Crippen LogP contribution in [0.4, 0.5) is 0 Å². The predicted octanol–water partition coefficient (Wildman–Crippen LogP) is -0.187. The van der Waals surface area contributed by atoms with Crippen LogP contribution >= 0.6 is 0 Å². The first kappa shape index (κ1) is 16.9. The largest absolute Gasteiger partial charge is 0.507 e. The molecular formula is C12H16N2O6S. The fraction of sp³-hybridized carbons (Fsp3) is 0.333. The molecule has 0 bridgehead atoms. The third-order valence-corrected chi connectivity index (χ3v) is 4.21. The molecule has 9 heteroatoms. The van der Waals surface area contributed by atoms with Crippen LogP contribution in [0.1, 0.15) is 22.8 Å². The Hall–Kier alpha value is -2.13. The van der Waals surface area contributed by atoms with Gasteiger partial charge in [0.25, 0.3) is 0 Å². The number of aryl methyl sites for hydroxylation is 1. The number of carbonyl (C=O) groups excluding carboxylic acids is 1. The van der Waals surface area contributed by atoms with Crippen molar-refractivity contribution in [1.29, 1.82) is 0 Å². The summed E-state index contributed by atoms with van der Waals surface area (Å²) in [7, 11) is -3.94. The van der Waals surface area contributed by atoms with Gasteiger partial charge in [-0.1, -0.05) is 0 Å². The fourth-order valence-electron chi connectivity index (χ4n) is 1.64. The van der Waals surface area contributed by atoms with Crippen LogP contribution < -0.4 is 10.0 Å². The van der Waals surface area contributed by atoms with Crippen LogP contribution in [0.5, 0.6) is 5.75 Å². The van der Waals surface area contributed by atoms with E-state index in [0.29, 0.717) is 0 Å². The van der Waals surface area contributed by atoms with E-state index in [1.807, 2.05) is 0 Å². The predicted molar refractivity (Wildman–Crippen MR) is 73.7 cm³/mol. The molecular weight excluding hydrogens is 300 g/mol. The van der Waals surface area contributed by atoms with Gasteiger partial charge in [0.1, 0.15) is 11.3 Å². The highest BCUT2D eigenvalue weighted by atomic mass is 32.2. The Morgan fingerprint density at radius 2 is 1.86 bits per heavy atom. The number of carbonyl (C=O) groups is 2. The van der Waals surface area contributed by atoms with Crippen molar-refractivity contribution in [1.82, 2.24) is 10.0 Å². The van der Waals surface area contributed by atoms with Crippen molar-refractivity contribution in [2.75, 3.05) is 13.1 Å². The third-order valence-electron chi connectivity index (χ3n) is 2.60. The van der Waals surface area contributed by atoms with Crippen LogP contribution in [-0.4, -0.2) is 43.6 Å². The van der Waals surface area contributed by atoms with Gasteiger partial charge >= 0.3 is 5.97 Å². The lowest BCUT2D eigenvalue weighted by Gasteiger charge is -2.11. The molecule has 0 aliphatic carbocycles. The molecule has 0 saturated heterocycles. The Labute approximate surface area is 121 Å². The van der Waals surface area contributed by atoms with Gasteiger partial charge in [-0.05, 0) is 24.6 Å². The monoisotopic (exact) mass is 316 g/mol. The number of aromatic carboxylic acids is 1. The van der Waals surface area contributed by atoms with Crippen LogP contribution in [0.15, 0.2) is 17.0 Å². The number of benzene rings is 1. The van der Waals surface area contributed by atoms with Crippen molar-refractivity contribution in [3.8, 4) is 5.75 Å². The standard InChI is InChI=1S/C12H16N2O6S/c1-7-5-10(16)9(12(17)18)6-11(7)21(19,20)14-4-3-13-8(2)15/h5-6,14,16H,3-4H2,1-2H3,(H,13,15)(H,17,18). The minimum absolute atomic E-state index is 0.0371. The SMILES string of the molecule is CC(=O)NCCNS(=O)(=O)c1cc(C(=O)O)c(O)cc1C. The number of hydrogen-bond acceptors (Lipinski definition) is 5. The van der Waals surface area contributed by atoms with Gasteiger partial charge in [0.2, 0.25) is 15.9 Å². The van der Waals surface area contributed by atoms with E-state index in [0.717, 1.165) is 12.1 Å². The van der Waals surface area contributed by atoms with Crippen molar-refractivity contribution in [2.45, 2.75) is 18.7 Å². The van der Waals surface area contributed by atoms with E-state index in [1.54, 1.807) is 0 Å². The summed E-state index contributed by atoms with van der Waals surface area (Å²) in [5.74, 6) is -2.22. The first-order valence-corrected chi connectivity index (χ1v) is 7.44. The first-order valence-electron chi connectivity index (χ1n) is 5.96. The molecule has 0 heterocycles. The van der Waals surface area contributed by atoms with Gasteiger partial charge in [-0.25, -0.2) is 17.9 Å². The summed E-state index contributed by atoms with van der Waals surface area (Å²) in [5, 5.41) is 20.8. The molecule has 116 valence electrons. The zero-order valence-corrected chi connectivity index (χ0v) is 12.3. The quantitative estimate of drug-likeness (QED) is 0.538. The van der Waals surface area contributed by atoms with Crippen molar-refractivity contribution < 1.29 is 28.2 Å². The smallest absolute Gasteiger partial charge is 0.339 e. The average molecular weight is 316 g/mol. The molecule has 0 aliphatic rings. The molecule has 0 saturated carbocycles. The lowest BCUT2D eigenvalue weighted by Crippen LogP contribution is -2.34. The highest BCUT2D eigenvalue weighted by molar-refractivity contribution is 7.89. The molecule has 1 aromatic carbocycles. The van der Waals surface area contributed by atoms with Crippen LogP contribution in [0, 0.1) is 6.92 Å². The maximum atomic E-state index is 12.1. The molecule has 1 aromatic rings. The van der Waals surface area contributed by atoms with E-state index in [2.05, 4.69) is 10.0 Å². The number of amides is 1. The lowest BCUT2D eigenvalue weighted by atomic mass is 10.1. The van der Waals surface area contributed by atoms with Crippen LogP contribution in [0.25, 0.3) is 0 Å². The van der Waals surface area contributed by atoms with Gasteiger partial charge in [0.15, 0.2) is 0 Å². The summed E-state index contributed by atoms with van der Waals surface area (Å²) in [5.41, 5.74) is -0.285. The molecule has 0 aliphatic heterocycles. The first-order chi connectivity index (χ1) is 9.65. The van der Waals surface area contributed by atoms with Crippen molar-refractivity contribution in [3.05, 3.63) is 23.3 Å². The molecule has 0 radical (unpaired) electrons. The number of rotatable bonds is 6. The molecule has 0 spiro atoms. The van der Waals surface area contributed by atoms with Crippen molar-refractivity contribution in [2.24, 2.45) is 0 Å². The van der Waals surface area contributed by atoms with Crippen molar-refractivity contribution >= 4 is 21.9 Å². The number of sulfonamides is 1. The molecule has 0 unspecified atom stereocenters. The second kappa shape index (κ2) is 6.55. The maximum absolute atomic E-state index is 12.1. The van der Waals surface area contributed by atoms with Gasteiger partial charge < -0.3 is 15.5 Å². The van der Waals surface area contributed by atoms with E-state index in [-0.39, 0.29) is 29.5 Å². The van der Waals surface area contributed by atoms with Crippen molar-refractivity contribution in [3.63, 3.8) is 0 Å². The van der Waals surface area contributed by atoms with E-state index in [1.165, 1.54) is 13.8 Å². The zero-order chi connectivity index (χ0) is 16.2. The van der Waals surface area contributed by atoms with Crippen LogP contribution in [0.2, 0.25) is 0 Å². The minimum atomic E-state index is -3.94. The second-order valence-electron chi connectivity index (χ2n) is 4.32. The number of carboxylic acids is 1. The summed E-state index contributed by atoms with van der Waals surface area (Å²) < 4.78 is 26.4. The Morgan fingerprint density at radius 3 is 2.38 bits per heavy atom. The van der Waals surface area contributed by atoms with Gasteiger partial charge in [0.05, 0.1) is 4.90 Å². The summed E-state index contributed by atoms with van der Waals surface area (Å²) in [6.07, 6.45) is 0. The van der Waals surface area contributed by atoms with E-state index < -0.39 is 27.3 Å². The summed E-state index contributed by atoms with van der Waals surface area (Å²) in [6, 6.07) is 1.97. The Balaban J connectivity index is 3.00. The number of carboxylic acid groups (broad SMARTS) is 1. The normalized spacial score (nSPS) is 11.1. The highest BCUT2D eigenvalue weighted by Crippen LogP contribution is 2.25. The Morgan fingerprint density at radius 1 is 1.24 bits per heavy atom. The molecule has 0 fully saturated rings. The van der Waals surface area contributed by atoms with E-state index in [4.69, 9.17) is 5.11 Å². The van der Waals surface area contributed by atoms with E-state index in [9.17, 15) is 23.1 Å². The average Bonchev–Trinajstić information content (AvgIpc) is 2.33. The summed E-state index contributed by atoms with van der Waals surface area (Å²) in [6.45, 7) is 2.81. The molecule has 1 amide bonds. The molecule has 21 heavy (non-hydrogen) atoms. The third kappa shape index (κ3) is 4.43. The summed E-state index contributed by atoms with van der Waals surface area (Å²) in [4.78, 5) is 21.4. The maximum Gasteiger partial charge on any atom is 0.339 e. The van der Waals surface area contributed by atoms with Gasteiger partial charge in [-0.15, -0.1) is 0 Å². The number of phenols is 1. The number of nitrogens with one attached hydrogen (secondary N) is 2. The van der Waals surface area contributed by atoms with Gasteiger partial charge in [0, 0.05) is 20.0 Å². The van der Waals surface area contributed by atoms with Gasteiger partial charge in [-0.3, -0.25) is 4.79 Å². The van der Waals surface area contributed by atoms with Crippen LogP contribution in [0.3, 0.4) is 0 Å². The van der Waals surface area contributed by atoms with E-state index >= 15 is 0 Å². The topological polar surface area (TPSA) is 133 Å². The molecule has 8 nitrogen and oxygen atoms in total. The Bertz CT molecular complexity index is 669. The fourth-order valence-corrected chi connectivity index (χ4v) is 2.92. The summed E-state index contributed by atoms with van der Waals surface area (Å²) >= 11 is 0. The molecule has 0 atom stereocenters. The second-order valence-corrected chi connectivity index (χ2v) is 6.06. The molecule has 4 N–H and O–H groups in total. The zero-order valence-electron chi connectivity index (χ0n) is 11.5. The Kier molecular flexibility index (Phi) is 5.28. The lowest BCUT2D eigenvalue weighted by molar-refractivity contribution is -0.118.